The summed E-state index contributed by atoms with van der Waals surface area (Å²) in [6.07, 6.45) is -3.31. The molecule has 3 N–H and O–H groups in total. The topological polar surface area (TPSA) is 107 Å². The standard InChI is InChI=1S/C20H15F4N5O2S/c1-11-8-16(21)15(17-6-7-26-27-17)9-14(11)18-10-19(20(22,23)24)28-29(18)12-2-4-13(5-3-12)32(25,30)31/h2-10H,1H3,(H,26,27)(H2,25,30,31). The van der Waals surface area contributed by atoms with Crippen molar-refractivity contribution >= 4 is 10.0 Å². The Hall–Kier alpha value is -3.51. The second-order valence-electron chi connectivity index (χ2n) is 6.98. The molecular formula is C20H15F4N5O2S. The third kappa shape index (κ3) is 4.01. The number of aromatic nitrogens is 4. The Morgan fingerprint density at radius 2 is 1.72 bits per heavy atom. The van der Waals surface area contributed by atoms with Crippen LogP contribution in [0.15, 0.2) is 59.6 Å². The van der Waals surface area contributed by atoms with Crippen molar-refractivity contribution in [2.45, 2.75) is 18.0 Å². The van der Waals surface area contributed by atoms with Crippen LogP contribution in [0, 0.1) is 12.7 Å². The predicted molar refractivity (Wildman–Crippen MR) is 108 cm³/mol. The van der Waals surface area contributed by atoms with Gasteiger partial charge in [0.2, 0.25) is 10.0 Å². The van der Waals surface area contributed by atoms with Crippen LogP contribution < -0.4 is 5.14 Å². The quantitative estimate of drug-likeness (QED) is 0.444. The van der Waals surface area contributed by atoms with Gasteiger partial charge in [-0.1, -0.05) is 0 Å². The summed E-state index contributed by atoms with van der Waals surface area (Å²) >= 11 is 0. The number of nitrogens with zero attached hydrogens (tertiary/aromatic N) is 3. The molecule has 2 aromatic heterocycles. The zero-order valence-electron chi connectivity index (χ0n) is 16.4. The molecule has 7 nitrogen and oxygen atoms in total. The number of alkyl halides is 3. The third-order valence-corrected chi connectivity index (χ3v) is 5.72. The molecule has 0 amide bonds. The normalized spacial score (nSPS) is 12.3. The van der Waals surface area contributed by atoms with Crippen LogP contribution in [0.3, 0.4) is 0 Å². The summed E-state index contributed by atoms with van der Waals surface area (Å²) in [5.74, 6) is -0.574. The van der Waals surface area contributed by atoms with E-state index in [2.05, 4.69) is 15.3 Å². The number of hydrogen-bond acceptors (Lipinski definition) is 4. The number of rotatable bonds is 4. The van der Waals surface area contributed by atoms with E-state index in [1.54, 1.807) is 6.92 Å². The van der Waals surface area contributed by atoms with E-state index in [-0.39, 0.29) is 21.8 Å². The minimum atomic E-state index is -4.74. The summed E-state index contributed by atoms with van der Waals surface area (Å²) in [5.41, 5.74) is 0.192. The maximum Gasteiger partial charge on any atom is 0.435 e. The van der Waals surface area contributed by atoms with Gasteiger partial charge in [0, 0.05) is 17.3 Å². The van der Waals surface area contributed by atoms with E-state index in [0.29, 0.717) is 16.8 Å². The van der Waals surface area contributed by atoms with Gasteiger partial charge in [-0.25, -0.2) is 22.6 Å². The fourth-order valence-corrected chi connectivity index (χ4v) is 3.76. The smallest absolute Gasteiger partial charge is 0.278 e. The number of hydrogen-bond donors (Lipinski definition) is 2. The molecule has 0 radical (unpaired) electrons. The fraction of sp³-hybridized carbons (Fsp3) is 0.100. The first-order chi connectivity index (χ1) is 14.9. The molecule has 166 valence electrons. The van der Waals surface area contributed by atoms with Crippen LogP contribution in [0.1, 0.15) is 11.3 Å². The van der Waals surface area contributed by atoms with Crippen LogP contribution in [-0.4, -0.2) is 28.4 Å². The first-order valence-electron chi connectivity index (χ1n) is 9.06. The monoisotopic (exact) mass is 465 g/mol. The minimum Gasteiger partial charge on any atom is -0.278 e. The summed E-state index contributed by atoms with van der Waals surface area (Å²) in [7, 11) is -3.99. The van der Waals surface area contributed by atoms with Gasteiger partial charge < -0.3 is 0 Å². The molecule has 0 bridgehead atoms. The highest BCUT2D eigenvalue weighted by molar-refractivity contribution is 7.89. The minimum absolute atomic E-state index is 0.0407. The molecular weight excluding hydrogens is 450 g/mol. The second kappa shape index (κ2) is 7.57. The number of sulfonamides is 1. The number of aromatic amines is 1. The molecule has 12 heteroatoms. The summed E-state index contributed by atoms with van der Waals surface area (Å²) in [6, 6.07) is 9.89. The molecule has 0 aliphatic carbocycles. The predicted octanol–water partition coefficient (Wildman–Crippen LogP) is 4.04. The molecule has 4 rings (SSSR count). The summed E-state index contributed by atoms with van der Waals surface area (Å²) < 4.78 is 78.9. The number of nitrogens with two attached hydrogens (primary N) is 1. The van der Waals surface area contributed by atoms with Crippen molar-refractivity contribution in [3.8, 4) is 28.2 Å². The lowest BCUT2D eigenvalue weighted by Crippen LogP contribution is -2.12. The maximum absolute atomic E-state index is 14.6. The molecule has 0 spiro atoms. The van der Waals surface area contributed by atoms with Crippen LogP contribution in [0.25, 0.3) is 28.2 Å². The molecule has 4 aromatic rings. The van der Waals surface area contributed by atoms with Gasteiger partial charge in [0.1, 0.15) is 5.82 Å². The fourth-order valence-electron chi connectivity index (χ4n) is 3.25. The maximum atomic E-state index is 14.6. The van der Waals surface area contributed by atoms with Crippen LogP contribution >= 0.6 is 0 Å². The van der Waals surface area contributed by atoms with Gasteiger partial charge in [-0.05, 0) is 61.0 Å². The third-order valence-electron chi connectivity index (χ3n) is 4.79. The summed E-state index contributed by atoms with van der Waals surface area (Å²) in [5, 5.41) is 15.2. The lowest BCUT2D eigenvalue weighted by atomic mass is 9.99. The van der Waals surface area contributed by atoms with Crippen molar-refractivity contribution < 1.29 is 26.0 Å². The second-order valence-corrected chi connectivity index (χ2v) is 8.54. The van der Waals surface area contributed by atoms with E-state index in [0.717, 1.165) is 22.9 Å². The largest absolute Gasteiger partial charge is 0.435 e. The van der Waals surface area contributed by atoms with Gasteiger partial charge in [-0.2, -0.15) is 23.4 Å². The Bertz CT molecular complexity index is 1390. The summed E-state index contributed by atoms with van der Waals surface area (Å²) in [4.78, 5) is -0.203. The highest BCUT2D eigenvalue weighted by Gasteiger charge is 2.35. The zero-order valence-corrected chi connectivity index (χ0v) is 17.2. The lowest BCUT2D eigenvalue weighted by molar-refractivity contribution is -0.141. The highest BCUT2D eigenvalue weighted by atomic mass is 32.2. The first kappa shape index (κ1) is 21.7. The van der Waals surface area contributed by atoms with Crippen molar-refractivity contribution in [3.05, 3.63) is 71.8 Å². The van der Waals surface area contributed by atoms with Gasteiger partial charge in [0.25, 0.3) is 0 Å². The average molecular weight is 465 g/mol. The number of halogens is 4. The van der Waals surface area contributed by atoms with Crippen molar-refractivity contribution in [1.82, 2.24) is 20.0 Å². The molecule has 32 heavy (non-hydrogen) atoms. The van der Waals surface area contributed by atoms with Crippen LogP contribution in [-0.2, 0) is 16.2 Å². The number of nitrogens with one attached hydrogen (secondary N) is 1. The molecule has 2 aromatic carbocycles. The van der Waals surface area contributed by atoms with E-state index in [1.165, 1.54) is 36.5 Å². The lowest BCUT2D eigenvalue weighted by Gasteiger charge is -2.12. The first-order valence-corrected chi connectivity index (χ1v) is 10.6. The SMILES string of the molecule is Cc1cc(F)c(-c2ccn[nH]2)cc1-c1cc(C(F)(F)F)nn1-c1ccc(S(N)(=O)=O)cc1. The van der Waals surface area contributed by atoms with Crippen molar-refractivity contribution in [1.29, 1.82) is 0 Å². The van der Waals surface area contributed by atoms with Gasteiger partial charge in [-0.3, -0.25) is 5.10 Å². The van der Waals surface area contributed by atoms with E-state index in [1.807, 2.05) is 0 Å². The Labute approximate surface area is 179 Å². The molecule has 0 saturated heterocycles. The molecule has 0 aliphatic rings. The van der Waals surface area contributed by atoms with E-state index in [4.69, 9.17) is 5.14 Å². The number of primary sulfonamides is 1. The molecule has 0 unspecified atom stereocenters. The number of H-pyrrole nitrogens is 1. The Balaban J connectivity index is 1.94. The highest BCUT2D eigenvalue weighted by Crippen LogP contribution is 2.36. The zero-order chi connectivity index (χ0) is 23.3. The Morgan fingerprint density at radius 3 is 2.28 bits per heavy atom. The molecule has 0 fully saturated rings. The van der Waals surface area contributed by atoms with Crippen LogP contribution in [0.2, 0.25) is 0 Å². The molecule has 2 heterocycles. The molecule has 0 saturated carbocycles. The van der Waals surface area contributed by atoms with Crippen molar-refractivity contribution in [2.24, 2.45) is 5.14 Å². The molecule has 0 aliphatic heterocycles. The van der Waals surface area contributed by atoms with E-state index in [9.17, 15) is 26.0 Å². The van der Waals surface area contributed by atoms with Crippen molar-refractivity contribution in [2.75, 3.05) is 0 Å². The van der Waals surface area contributed by atoms with Gasteiger partial charge in [0.05, 0.1) is 22.0 Å². The number of aryl methyl sites for hydroxylation is 1. The Morgan fingerprint density at radius 1 is 1.03 bits per heavy atom. The van der Waals surface area contributed by atoms with E-state index < -0.39 is 27.7 Å². The van der Waals surface area contributed by atoms with Gasteiger partial charge >= 0.3 is 6.18 Å². The van der Waals surface area contributed by atoms with Crippen LogP contribution in [0.4, 0.5) is 17.6 Å². The number of benzene rings is 2. The summed E-state index contributed by atoms with van der Waals surface area (Å²) in [6.45, 7) is 1.56. The average Bonchev–Trinajstić information content (AvgIpc) is 3.37. The molecule has 0 atom stereocenters. The van der Waals surface area contributed by atoms with Gasteiger partial charge in [0.15, 0.2) is 5.69 Å². The van der Waals surface area contributed by atoms with Gasteiger partial charge in [-0.15, -0.1) is 0 Å². The van der Waals surface area contributed by atoms with Crippen LogP contribution in [0.5, 0.6) is 0 Å². The van der Waals surface area contributed by atoms with E-state index >= 15 is 0 Å². The Kier molecular flexibility index (Phi) is 5.13. The van der Waals surface area contributed by atoms with Crippen molar-refractivity contribution in [3.63, 3.8) is 0 Å².